The molecule has 2 heterocycles. The van der Waals surface area contributed by atoms with Gasteiger partial charge in [0, 0.05) is 31.4 Å². The first-order valence-electron chi connectivity index (χ1n) is 7.17. The number of aryl methyl sites for hydroxylation is 1. The van der Waals surface area contributed by atoms with Gasteiger partial charge in [0.15, 0.2) is 0 Å². The van der Waals surface area contributed by atoms with Crippen LogP contribution in [0.4, 0.5) is 5.82 Å². The molecule has 1 atom stereocenters. The number of nitrogens with one attached hydrogen (secondary N) is 1. The third-order valence-electron chi connectivity index (χ3n) is 3.72. The lowest BCUT2D eigenvalue weighted by molar-refractivity contribution is 0.337. The van der Waals surface area contributed by atoms with Crippen molar-refractivity contribution in [3.8, 4) is 0 Å². The van der Waals surface area contributed by atoms with Gasteiger partial charge >= 0.3 is 0 Å². The van der Waals surface area contributed by atoms with Crippen molar-refractivity contribution in [3.63, 3.8) is 0 Å². The molecule has 0 amide bonds. The van der Waals surface area contributed by atoms with E-state index in [0.717, 1.165) is 31.1 Å². The second kappa shape index (κ2) is 6.35. The van der Waals surface area contributed by atoms with Crippen LogP contribution in [0.2, 0.25) is 0 Å². The molecule has 1 aromatic heterocycles. The third kappa shape index (κ3) is 3.67. The van der Waals surface area contributed by atoms with Gasteiger partial charge in [-0.3, -0.25) is 0 Å². The maximum atomic E-state index is 4.74. The second-order valence-corrected chi connectivity index (χ2v) is 5.66. The fourth-order valence-corrected chi connectivity index (χ4v) is 2.89. The number of hydrogen-bond donors (Lipinski definition) is 1. The Bertz CT molecular complexity index is 419. The monoisotopic (exact) mass is 262 g/mol. The van der Waals surface area contributed by atoms with E-state index in [2.05, 4.69) is 48.1 Å². The molecule has 1 aromatic rings. The summed E-state index contributed by atoms with van der Waals surface area (Å²) in [7, 11) is 4.19. The Hall–Kier alpha value is -1.13. The van der Waals surface area contributed by atoms with Crippen molar-refractivity contribution >= 4 is 5.82 Å². The minimum atomic E-state index is 0.518. The van der Waals surface area contributed by atoms with Crippen molar-refractivity contribution in [1.29, 1.82) is 0 Å². The molecule has 1 unspecified atom stereocenters. The van der Waals surface area contributed by atoms with E-state index in [1.807, 2.05) is 7.05 Å². The highest BCUT2D eigenvalue weighted by Crippen LogP contribution is 2.20. The van der Waals surface area contributed by atoms with E-state index < -0.39 is 0 Å². The van der Waals surface area contributed by atoms with Crippen LogP contribution in [0.3, 0.4) is 0 Å². The van der Waals surface area contributed by atoms with E-state index >= 15 is 0 Å². The largest absolute Gasteiger partial charge is 0.353 e. The molecule has 0 saturated carbocycles. The lowest BCUT2D eigenvalue weighted by atomic mass is 10.2. The van der Waals surface area contributed by atoms with Gasteiger partial charge in [0.2, 0.25) is 0 Å². The Labute approximate surface area is 116 Å². The SMILES string of the molecule is CNCc1cc(C)nc(N2CCCN(C)CC2C)c1. The molecule has 0 bridgehead atoms. The standard InChI is InChI=1S/C15H26N4/c1-12-8-14(10-16-3)9-15(17-12)19-7-5-6-18(4)11-13(19)2/h8-9,13,16H,5-7,10-11H2,1-4H3. The lowest BCUT2D eigenvalue weighted by Crippen LogP contribution is -2.38. The average molecular weight is 262 g/mol. The summed E-state index contributed by atoms with van der Waals surface area (Å²) in [5.74, 6) is 1.13. The minimum Gasteiger partial charge on any atom is -0.353 e. The van der Waals surface area contributed by atoms with Gasteiger partial charge in [-0.1, -0.05) is 0 Å². The molecule has 1 saturated heterocycles. The molecule has 4 nitrogen and oxygen atoms in total. The number of hydrogen-bond acceptors (Lipinski definition) is 4. The normalized spacial score (nSPS) is 21.5. The van der Waals surface area contributed by atoms with Gasteiger partial charge in [0.05, 0.1) is 0 Å². The summed E-state index contributed by atoms with van der Waals surface area (Å²) < 4.78 is 0. The fourth-order valence-electron chi connectivity index (χ4n) is 2.89. The van der Waals surface area contributed by atoms with Gasteiger partial charge < -0.3 is 15.1 Å². The maximum absolute atomic E-state index is 4.74. The minimum absolute atomic E-state index is 0.518. The number of rotatable bonds is 3. The third-order valence-corrected chi connectivity index (χ3v) is 3.72. The summed E-state index contributed by atoms with van der Waals surface area (Å²) >= 11 is 0. The van der Waals surface area contributed by atoms with Gasteiger partial charge in [0.25, 0.3) is 0 Å². The van der Waals surface area contributed by atoms with Crippen molar-refractivity contribution in [3.05, 3.63) is 23.4 Å². The van der Waals surface area contributed by atoms with Crippen LogP contribution in [0, 0.1) is 6.92 Å². The predicted molar refractivity (Wildman–Crippen MR) is 80.7 cm³/mol. The summed E-state index contributed by atoms with van der Waals surface area (Å²) in [5.41, 5.74) is 2.42. The molecule has 1 aliphatic heterocycles. The average Bonchev–Trinajstić information content (AvgIpc) is 2.49. The molecule has 1 N–H and O–H groups in total. The summed E-state index contributed by atoms with van der Waals surface area (Å²) in [4.78, 5) is 9.60. The van der Waals surface area contributed by atoms with Crippen molar-refractivity contribution in [2.45, 2.75) is 32.9 Å². The zero-order valence-corrected chi connectivity index (χ0v) is 12.6. The molecular formula is C15H26N4. The number of nitrogens with zero attached hydrogens (tertiary/aromatic N) is 3. The first kappa shape index (κ1) is 14.3. The Balaban J connectivity index is 2.24. The van der Waals surface area contributed by atoms with E-state index in [-0.39, 0.29) is 0 Å². The highest BCUT2D eigenvalue weighted by Gasteiger charge is 2.21. The Morgan fingerprint density at radius 1 is 1.37 bits per heavy atom. The van der Waals surface area contributed by atoms with Crippen molar-refractivity contribution < 1.29 is 0 Å². The Kier molecular flexibility index (Phi) is 4.77. The molecule has 1 aliphatic rings. The number of pyridine rings is 1. The van der Waals surface area contributed by atoms with Crippen molar-refractivity contribution in [2.24, 2.45) is 0 Å². The Morgan fingerprint density at radius 2 is 2.16 bits per heavy atom. The zero-order valence-electron chi connectivity index (χ0n) is 12.6. The number of aromatic nitrogens is 1. The van der Waals surface area contributed by atoms with Crippen LogP contribution < -0.4 is 10.2 Å². The lowest BCUT2D eigenvalue weighted by Gasteiger charge is -2.29. The fraction of sp³-hybridized carbons (Fsp3) is 0.667. The summed E-state index contributed by atoms with van der Waals surface area (Å²) in [6, 6.07) is 4.91. The summed E-state index contributed by atoms with van der Waals surface area (Å²) in [6.07, 6.45) is 1.21. The van der Waals surface area contributed by atoms with Crippen LogP contribution in [0.15, 0.2) is 12.1 Å². The molecule has 19 heavy (non-hydrogen) atoms. The van der Waals surface area contributed by atoms with Crippen LogP contribution in [0.5, 0.6) is 0 Å². The van der Waals surface area contributed by atoms with Crippen LogP contribution in [0.1, 0.15) is 24.6 Å². The summed E-state index contributed by atoms with van der Waals surface area (Å²) in [5, 5.41) is 3.22. The quantitative estimate of drug-likeness (QED) is 0.897. The molecule has 0 radical (unpaired) electrons. The van der Waals surface area contributed by atoms with E-state index in [4.69, 9.17) is 4.98 Å². The molecular weight excluding hydrogens is 236 g/mol. The van der Waals surface area contributed by atoms with E-state index in [1.165, 1.54) is 18.5 Å². The van der Waals surface area contributed by atoms with Gasteiger partial charge in [-0.2, -0.15) is 0 Å². The molecule has 2 rings (SSSR count). The van der Waals surface area contributed by atoms with Crippen LogP contribution in [-0.2, 0) is 6.54 Å². The van der Waals surface area contributed by atoms with Crippen molar-refractivity contribution in [2.75, 3.05) is 38.6 Å². The number of likely N-dealkylation sites (N-methyl/N-ethyl adjacent to an activating group) is 1. The van der Waals surface area contributed by atoms with Gasteiger partial charge in [-0.15, -0.1) is 0 Å². The molecule has 0 spiro atoms. The van der Waals surface area contributed by atoms with Crippen LogP contribution >= 0.6 is 0 Å². The summed E-state index contributed by atoms with van der Waals surface area (Å²) in [6.45, 7) is 8.66. The van der Waals surface area contributed by atoms with E-state index in [0.29, 0.717) is 6.04 Å². The zero-order chi connectivity index (χ0) is 13.8. The van der Waals surface area contributed by atoms with E-state index in [1.54, 1.807) is 0 Å². The smallest absolute Gasteiger partial charge is 0.129 e. The molecule has 0 aliphatic carbocycles. The molecule has 1 fully saturated rings. The van der Waals surface area contributed by atoms with Gasteiger partial charge in [-0.05, 0) is 58.6 Å². The predicted octanol–water partition coefficient (Wildman–Crippen LogP) is 1.64. The van der Waals surface area contributed by atoms with E-state index in [9.17, 15) is 0 Å². The molecule has 106 valence electrons. The second-order valence-electron chi connectivity index (χ2n) is 5.66. The first-order chi connectivity index (χ1) is 9.10. The van der Waals surface area contributed by atoms with Gasteiger partial charge in [0.1, 0.15) is 5.82 Å². The van der Waals surface area contributed by atoms with Gasteiger partial charge in [-0.25, -0.2) is 4.98 Å². The highest BCUT2D eigenvalue weighted by molar-refractivity contribution is 5.44. The first-order valence-corrected chi connectivity index (χ1v) is 7.17. The Morgan fingerprint density at radius 3 is 2.89 bits per heavy atom. The maximum Gasteiger partial charge on any atom is 0.129 e. The van der Waals surface area contributed by atoms with Crippen LogP contribution in [0.25, 0.3) is 0 Å². The molecule has 0 aromatic carbocycles. The topological polar surface area (TPSA) is 31.4 Å². The van der Waals surface area contributed by atoms with Crippen molar-refractivity contribution in [1.82, 2.24) is 15.2 Å². The number of anilines is 1. The molecule has 4 heteroatoms. The van der Waals surface area contributed by atoms with Crippen LogP contribution in [-0.4, -0.2) is 49.7 Å². The highest BCUT2D eigenvalue weighted by atomic mass is 15.3.